The predicted molar refractivity (Wildman–Crippen MR) is 81.2 cm³/mol. The fourth-order valence-electron chi connectivity index (χ4n) is 2.00. The Bertz CT molecular complexity index is 917. The van der Waals surface area contributed by atoms with Crippen LogP contribution in [-0.2, 0) is 5.75 Å². The predicted octanol–water partition coefficient (Wildman–Crippen LogP) is 2.65. The second kappa shape index (κ2) is 5.57. The highest BCUT2D eigenvalue weighted by atomic mass is 32.2. The van der Waals surface area contributed by atoms with Crippen LogP contribution in [0.2, 0.25) is 0 Å². The number of H-pyrrole nitrogens is 2. The summed E-state index contributed by atoms with van der Waals surface area (Å²) in [5.41, 5.74) is -0.271. The van der Waals surface area contributed by atoms with Gasteiger partial charge in [-0.25, -0.2) is 4.39 Å². The first kappa shape index (κ1) is 13.6. The number of fused-ring (bicyclic) bond motifs is 1. The topological polar surface area (TPSA) is 65.7 Å². The number of rotatable bonds is 3. The first-order chi connectivity index (χ1) is 10.1. The van der Waals surface area contributed by atoms with E-state index in [9.17, 15) is 14.0 Å². The minimum Gasteiger partial charge on any atom is -0.322 e. The van der Waals surface area contributed by atoms with Gasteiger partial charge in [0.2, 0.25) is 0 Å². The molecule has 0 atom stereocenters. The monoisotopic (exact) mass is 302 g/mol. The highest BCUT2D eigenvalue weighted by molar-refractivity contribution is 7.98. The van der Waals surface area contributed by atoms with Crippen molar-refractivity contribution in [1.82, 2.24) is 9.97 Å². The molecular weight excluding hydrogens is 291 g/mol. The molecule has 0 fully saturated rings. The SMILES string of the molecule is O=c1[nH]cc(SCc2ccc3cc(F)ccc3c2)[nH]c1=O. The number of halogens is 1. The molecule has 0 unspecified atom stereocenters. The molecular formula is C15H11FN2O2S. The summed E-state index contributed by atoms with van der Waals surface area (Å²) < 4.78 is 13.1. The van der Waals surface area contributed by atoms with Gasteiger partial charge in [0, 0.05) is 11.9 Å². The van der Waals surface area contributed by atoms with E-state index in [1.807, 2.05) is 18.2 Å². The van der Waals surface area contributed by atoms with Gasteiger partial charge in [0.1, 0.15) is 5.82 Å². The largest absolute Gasteiger partial charge is 0.322 e. The Kier molecular flexibility index (Phi) is 3.62. The Morgan fingerprint density at radius 2 is 1.76 bits per heavy atom. The van der Waals surface area contributed by atoms with Gasteiger partial charge >= 0.3 is 11.1 Å². The number of hydrogen-bond acceptors (Lipinski definition) is 3. The zero-order valence-corrected chi connectivity index (χ0v) is 11.7. The lowest BCUT2D eigenvalue weighted by atomic mass is 10.1. The zero-order chi connectivity index (χ0) is 14.8. The molecule has 0 amide bonds. The minimum absolute atomic E-state index is 0.254. The van der Waals surface area contributed by atoms with Gasteiger partial charge in [-0.2, -0.15) is 0 Å². The summed E-state index contributed by atoms with van der Waals surface area (Å²) in [5, 5.41) is 2.41. The standard InChI is InChI=1S/C15H11FN2O2S/c16-12-4-3-10-5-9(1-2-11(10)6-12)8-21-13-7-17-14(19)15(20)18-13/h1-7H,8H2,(H,17,19)(H,18,20). The Morgan fingerprint density at radius 1 is 1.00 bits per heavy atom. The summed E-state index contributed by atoms with van der Waals surface area (Å²) in [6.07, 6.45) is 1.48. The van der Waals surface area contributed by atoms with Crippen LogP contribution in [0.1, 0.15) is 5.56 Å². The smallest absolute Gasteiger partial charge is 0.314 e. The van der Waals surface area contributed by atoms with Crippen LogP contribution in [0.5, 0.6) is 0 Å². The van der Waals surface area contributed by atoms with Crippen LogP contribution in [0.4, 0.5) is 4.39 Å². The summed E-state index contributed by atoms with van der Waals surface area (Å²) in [6.45, 7) is 0. The number of benzene rings is 2. The van der Waals surface area contributed by atoms with E-state index in [-0.39, 0.29) is 5.82 Å². The lowest BCUT2D eigenvalue weighted by Gasteiger charge is -2.04. The molecule has 1 heterocycles. The van der Waals surface area contributed by atoms with Gasteiger partial charge in [-0.05, 0) is 28.5 Å². The third kappa shape index (κ3) is 3.05. The third-order valence-corrected chi connectivity index (χ3v) is 4.05. The second-order valence-electron chi connectivity index (χ2n) is 4.55. The Balaban J connectivity index is 1.81. The maximum Gasteiger partial charge on any atom is 0.314 e. The molecule has 2 N–H and O–H groups in total. The number of hydrogen-bond donors (Lipinski definition) is 2. The molecule has 106 valence electrons. The van der Waals surface area contributed by atoms with Crippen LogP contribution >= 0.6 is 11.8 Å². The van der Waals surface area contributed by atoms with Crippen LogP contribution in [0.15, 0.2) is 57.2 Å². The van der Waals surface area contributed by atoms with E-state index in [2.05, 4.69) is 9.97 Å². The molecule has 2 aromatic carbocycles. The summed E-state index contributed by atoms with van der Waals surface area (Å²) in [6, 6.07) is 10.4. The van der Waals surface area contributed by atoms with E-state index >= 15 is 0 Å². The highest BCUT2D eigenvalue weighted by Crippen LogP contribution is 2.23. The first-order valence-corrected chi connectivity index (χ1v) is 7.23. The number of aromatic nitrogens is 2. The van der Waals surface area contributed by atoms with E-state index in [0.717, 1.165) is 16.3 Å². The quantitative estimate of drug-likeness (QED) is 0.577. The summed E-state index contributed by atoms with van der Waals surface area (Å²) >= 11 is 1.41. The molecule has 6 heteroatoms. The summed E-state index contributed by atoms with van der Waals surface area (Å²) in [4.78, 5) is 27.1. The molecule has 0 saturated heterocycles. The highest BCUT2D eigenvalue weighted by Gasteiger charge is 2.02. The van der Waals surface area contributed by atoms with Crippen molar-refractivity contribution in [3.05, 3.63) is 74.7 Å². The van der Waals surface area contributed by atoms with Crippen molar-refractivity contribution in [3.63, 3.8) is 0 Å². The third-order valence-electron chi connectivity index (χ3n) is 3.04. The van der Waals surface area contributed by atoms with E-state index in [1.54, 1.807) is 6.07 Å². The Morgan fingerprint density at radius 3 is 2.57 bits per heavy atom. The average molecular weight is 302 g/mol. The van der Waals surface area contributed by atoms with Crippen molar-refractivity contribution >= 4 is 22.5 Å². The van der Waals surface area contributed by atoms with Crippen LogP contribution in [0.3, 0.4) is 0 Å². The van der Waals surface area contributed by atoms with Crippen molar-refractivity contribution in [1.29, 1.82) is 0 Å². The van der Waals surface area contributed by atoms with Gasteiger partial charge in [-0.1, -0.05) is 24.3 Å². The normalized spacial score (nSPS) is 10.9. The molecule has 0 aliphatic rings. The lowest BCUT2D eigenvalue weighted by Crippen LogP contribution is -2.28. The van der Waals surface area contributed by atoms with Crippen LogP contribution in [0.25, 0.3) is 10.8 Å². The molecule has 3 rings (SSSR count). The minimum atomic E-state index is -0.660. The first-order valence-electron chi connectivity index (χ1n) is 6.25. The average Bonchev–Trinajstić information content (AvgIpc) is 2.48. The Labute approximate surface area is 123 Å². The molecule has 0 saturated carbocycles. The van der Waals surface area contributed by atoms with Crippen LogP contribution in [0, 0.1) is 5.82 Å². The van der Waals surface area contributed by atoms with Crippen molar-refractivity contribution < 1.29 is 4.39 Å². The molecule has 21 heavy (non-hydrogen) atoms. The molecule has 4 nitrogen and oxygen atoms in total. The molecule has 0 bridgehead atoms. The van der Waals surface area contributed by atoms with Gasteiger partial charge in [0.15, 0.2) is 0 Å². The van der Waals surface area contributed by atoms with Gasteiger partial charge in [-0.15, -0.1) is 11.8 Å². The molecule has 0 radical (unpaired) electrons. The van der Waals surface area contributed by atoms with Crippen molar-refractivity contribution in [2.24, 2.45) is 0 Å². The number of nitrogens with one attached hydrogen (secondary N) is 2. The summed E-state index contributed by atoms with van der Waals surface area (Å²) in [5.74, 6) is 0.380. The fourth-order valence-corrected chi connectivity index (χ4v) is 2.80. The van der Waals surface area contributed by atoms with Crippen LogP contribution < -0.4 is 11.1 Å². The number of thioether (sulfide) groups is 1. The van der Waals surface area contributed by atoms with E-state index in [4.69, 9.17) is 0 Å². The molecule has 1 aromatic heterocycles. The van der Waals surface area contributed by atoms with Crippen molar-refractivity contribution in [2.75, 3.05) is 0 Å². The maximum absolute atomic E-state index is 13.1. The second-order valence-corrected chi connectivity index (χ2v) is 5.57. The summed E-state index contributed by atoms with van der Waals surface area (Å²) in [7, 11) is 0. The van der Waals surface area contributed by atoms with Crippen molar-refractivity contribution in [2.45, 2.75) is 10.8 Å². The zero-order valence-electron chi connectivity index (χ0n) is 10.9. The van der Waals surface area contributed by atoms with Crippen LogP contribution in [-0.4, -0.2) is 9.97 Å². The van der Waals surface area contributed by atoms with Gasteiger partial charge < -0.3 is 9.97 Å². The van der Waals surface area contributed by atoms with Gasteiger partial charge in [0.25, 0.3) is 0 Å². The van der Waals surface area contributed by atoms with E-state index in [1.165, 1.54) is 30.1 Å². The molecule has 3 aromatic rings. The molecule has 0 aliphatic heterocycles. The van der Waals surface area contributed by atoms with Gasteiger partial charge in [-0.3, -0.25) is 9.59 Å². The maximum atomic E-state index is 13.1. The number of aromatic amines is 2. The van der Waals surface area contributed by atoms with E-state index < -0.39 is 11.1 Å². The van der Waals surface area contributed by atoms with E-state index in [0.29, 0.717) is 10.8 Å². The van der Waals surface area contributed by atoms with Crippen molar-refractivity contribution in [3.8, 4) is 0 Å². The Hall–Kier alpha value is -2.34. The van der Waals surface area contributed by atoms with Gasteiger partial charge in [0.05, 0.1) is 5.03 Å². The lowest BCUT2D eigenvalue weighted by molar-refractivity contribution is 0.630. The molecule has 0 spiro atoms. The fraction of sp³-hybridized carbons (Fsp3) is 0.0667. The molecule has 0 aliphatic carbocycles.